The van der Waals surface area contributed by atoms with Crippen molar-refractivity contribution < 1.29 is 19.1 Å². The molecule has 0 aliphatic rings. The number of anilines is 2. The third kappa shape index (κ3) is 9.33. The van der Waals surface area contributed by atoms with Gasteiger partial charge < -0.3 is 31.6 Å². The lowest BCUT2D eigenvalue weighted by atomic mass is 10.1. The molecule has 0 saturated carbocycles. The van der Waals surface area contributed by atoms with Gasteiger partial charge in [-0.15, -0.1) is 0 Å². The van der Waals surface area contributed by atoms with E-state index in [1.807, 2.05) is 0 Å². The molecule has 3 rings (SSSR count). The molecule has 6 N–H and O–H groups in total. The zero-order valence-electron chi connectivity index (χ0n) is 22.9. The molecule has 0 aliphatic heterocycles. The number of nitrogens with zero attached hydrogens (tertiary/aromatic N) is 2. The van der Waals surface area contributed by atoms with Gasteiger partial charge in [0.05, 0.1) is 0 Å². The van der Waals surface area contributed by atoms with E-state index in [9.17, 15) is 9.59 Å². The predicted octanol–water partition coefficient (Wildman–Crippen LogP) is 3.67. The van der Waals surface area contributed by atoms with Gasteiger partial charge >= 0.3 is 0 Å². The monoisotopic (exact) mass is 544 g/mol. The molecule has 3 aromatic carbocycles. The number of amidine groups is 2. The van der Waals surface area contributed by atoms with Gasteiger partial charge in [-0.05, 0) is 85.6 Å². The molecule has 2 amide bonds. The molecule has 40 heavy (non-hydrogen) atoms. The van der Waals surface area contributed by atoms with Gasteiger partial charge in [0.2, 0.25) is 0 Å². The molecule has 0 spiro atoms. The highest BCUT2D eigenvalue weighted by Crippen LogP contribution is 2.15. The summed E-state index contributed by atoms with van der Waals surface area (Å²) in [6.07, 6.45) is 1.58. The van der Waals surface area contributed by atoms with E-state index in [1.54, 1.807) is 87.0 Å². The maximum absolute atomic E-state index is 12.7. The van der Waals surface area contributed by atoms with E-state index in [-0.39, 0.29) is 11.8 Å². The van der Waals surface area contributed by atoms with Crippen LogP contribution in [0.5, 0.6) is 0 Å². The van der Waals surface area contributed by atoms with Gasteiger partial charge in [-0.3, -0.25) is 19.6 Å². The van der Waals surface area contributed by atoms with Gasteiger partial charge in [0.1, 0.15) is 11.7 Å². The van der Waals surface area contributed by atoms with Gasteiger partial charge in [0.25, 0.3) is 11.8 Å². The number of carbonyl (C=O) groups is 2. The van der Waals surface area contributed by atoms with E-state index >= 15 is 0 Å². The molecule has 0 aromatic heterocycles. The van der Waals surface area contributed by atoms with Gasteiger partial charge in [-0.2, -0.15) is 0 Å². The summed E-state index contributed by atoms with van der Waals surface area (Å²) in [7, 11) is 3.29. The molecule has 0 atom stereocenters. The first kappa shape index (κ1) is 30.0. The van der Waals surface area contributed by atoms with Crippen LogP contribution in [0.3, 0.4) is 0 Å². The second-order valence-electron chi connectivity index (χ2n) is 8.87. The number of rotatable bonds is 14. The molecule has 3 aromatic rings. The Hall–Kier alpha value is -4.54. The predicted molar refractivity (Wildman–Crippen MR) is 159 cm³/mol. The van der Waals surface area contributed by atoms with E-state index in [0.717, 1.165) is 24.0 Å². The van der Waals surface area contributed by atoms with Crippen molar-refractivity contribution in [2.24, 2.45) is 21.5 Å². The molecule has 210 valence electrons. The molecule has 10 nitrogen and oxygen atoms in total. The third-order valence-corrected chi connectivity index (χ3v) is 5.86. The Balaban J connectivity index is 1.53. The Morgan fingerprint density at radius 2 is 0.925 bits per heavy atom. The lowest BCUT2D eigenvalue weighted by Gasteiger charge is -2.09. The summed E-state index contributed by atoms with van der Waals surface area (Å²) < 4.78 is 10.0. The van der Waals surface area contributed by atoms with Crippen LogP contribution >= 0.6 is 0 Å². The Bertz CT molecular complexity index is 1200. The van der Waals surface area contributed by atoms with Crippen molar-refractivity contribution in [3.63, 3.8) is 0 Å². The second kappa shape index (κ2) is 15.8. The number of ether oxygens (including phenoxy) is 2. The van der Waals surface area contributed by atoms with Crippen LogP contribution in [0.4, 0.5) is 11.4 Å². The minimum Gasteiger partial charge on any atom is -0.385 e. The Labute approximate surface area is 234 Å². The number of aliphatic imine (C=N–C) groups is 2. The Kier molecular flexibility index (Phi) is 11.8. The summed E-state index contributed by atoms with van der Waals surface area (Å²) in [5, 5.41) is 5.69. The lowest BCUT2D eigenvalue weighted by Crippen LogP contribution is -2.16. The zero-order chi connectivity index (χ0) is 28.7. The van der Waals surface area contributed by atoms with Gasteiger partial charge in [-0.25, -0.2) is 0 Å². The topological polar surface area (TPSA) is 153 Å². The van der Waals surface area contributed by atoms with Crippen LogP contribution in [0.1, 0.15) is 44.7 Å². The summed E-state index contributed by atoms with van der Waals surface area (Å²) >= 11 is 0. The van der Waals surface area contributed by atoms with Crippen LogP contribution in [-0.2, 0) is 9.47 Å². The van der Waals surface area contributed by atoms with Crippen molar-refractivity contribution in [3.8, 4) is 0 Å². The van der Waals surface area contributed by atoms with E-state index in [1.165, 1.54) is 0 Å². The lowest BCUT2D eigenvalue weighted by molar-refractivity contribution is 0.101. The van der Waals surface area contributed by atoms with Gasteiger partial charge in [0, 0.05) is 74.2 Å². The average Bonchev–Trinajstić information content (AvgIpc) is 2.98. The van der Waals surface area contributed by atoms with Gasteiger partial charge in [-0.1, -0.05) is 0 Å². The van der Waals surface area contributed by atoms with Crippen molar-refractivity contribution in [3.05, 3.63) is 95.1 Å². The third-order valence-electron chi connectivity index (χ3n) is 5.86. The first-order valence-electron chi connectivity index (χ1n) is 12.9. The van der Waals surface area contributed by atoms with Crippen LogP contribution in [0.15, 0.2) is 82.8 Å². The summed E-state index contributed by atoms with van der Waals surface area (Å²) in [4.78, 5) is 34.0. The van der Waals surface area contributed by atoms with Crippen molar-refractivity contribution >= 4 is 34.9 Å². The van der Waals surface area contributed by atoms with Crippen LogP contribution in [0.25, 0.3) is 0 Å². The fourth-order valence-corrected chi connectivity index (χ4v) is 3.63. The highest BCUT2D eigenvalue weighted by molar-refractivity contribution is 6.07. The van der Waals surface area contributed by atoms with Crippen molar-refractivity contribution in [2.75, 3.05) is 51.2 Å². The number of hydrogen-bond acceptors (Lipinski definition) is 6. The van der Waals surface area contributed by atoms with Crippen molar-refractivity contribution in [1.29, 1.82) is 0 Å². The molecule has 0 fully saturated rings. The van der Waals surface area contributed by atoms with Gasteiger partial charge in [0.15, 0.2) is 0 Å². The first-order valence-corrected chi connectivity index (χ1v) is 12.9. The molecule has 10 heteroatoms. The Morgan fingerprint density at radius 1 is 0.600 bits per heavy atom. The van der Waals surface area contributed by atoms with Crippen molar-refractivity contribution in [2.45, 2.75) is 12.8 Å². The van der Waals surface area contributed by atoms with E-state index < -0.39 is 0 Å². The smallest absolute Gasteiger partial charge is 0.255 e. The maximum Gasteiger partial charge on any atom is 0.255 e. The summed E-state index contributed by atoms with van der Waals surface area (Å²) in [6, 6.07) is 20.7. The SMILES string of the molecule is COCCCN=C(N)c1ccc(NC(=O)c2ccc(C(=O)Nc3ccc(C(N)=NCCCOC)cc3)cc2)cc1. The van der Waals surface area contributed by atoms with Crippen LogP contribution in [0, 0.1) is 0 Å². The number of nitrogens with two attached hydrogens (primary N) is 2. The number of methoxy groups -OCH3 is 2. The first-order chi connectivity index (χ1) is 19.4. The molecule has 0 aliphatic carbocycles. The fourth-order valence-electron chi connectivity index (χ4n) is 3.63. The minimum absolute atomic E-state index is 0.294. The van der Waals surface area contributed by atoms with Crippen LogP contribution in [0.2, 0.25) is 0 Å². The second-order valence-corrected chi connectivity index (χ2v) is 8.87. The Morgan fingerprint density at radius 3 is 1.25 bits per heavy atom. The largest absolute Gasteiger partial charge is 0.385 e. The summed E-state index contributed by atoms with van der Waals surface area (Å²) in [5.74, 6) is 0.284. The number of nitrogens with one attached hydrogen (secondary N) is 2. The molecule has 0 bridgehead atoms. The summed E-state index contributed by atoms with van der Waals surface area (Å²) in [5.41, 5.74) is 15.7. The molecule has 0 saturated heterocycles. The number of benzene rings is 3. The average molecular weight is 545 g/mol. The highest BCUT2D eigenvalue weighted by Gasteiger charge is 2.11. The maximum atomic E-state index is 12.7. The number of carbonyl (C=O) groups excluding carboxylic acids is 2. The standard InChI is InChI=1S/C30H36N6O4/c1-39-19-3-17-33-27(31)21-9-13-25(14-10-21)35-29(37)23-5-7-24(8-6-23)30(38)36-26-15-11-22(12-16-26)28(32)34-18-4-20-40-2/h5-16H,3-4,17-20H2,1-2H3,(H2,31,33)(H2,32,34)(H,35,37)(H,36,38). The highest BCUT2D eigenvalue weighted by atomic mass is 16.5. The molecular formula is C30H36N6O4. The van der Waals surface area contributed by atoms with E-state index in [4.69, 9.17) is 20.9 Å². The molecule has 0 radical (unpaired) electrons. The zero-order valence-corrected chi connectivity index (χ0v) is 22.9. The summed E-state index contributed by atoms with van der Waals surface area (Å²) in [6.45, 7) is 2.42. The van der Waals surface area contributed by atoms with E-state index in [0.29, 0.717) is 60.5 Å². The molecular weight excluding hydrogens is 508 g/mol. The quantitative estimate of drug-likeness (QED) is 0.138. The molecule has 0 unspecified atom stereocenters. The molecule has 0 heterocycles. The van der Waals surface area contributed by atoms with Crippen LogP contribution in [-0.4, -0.2) is 64.0 Å². The fraction of sp³-hybridized carbons (Fsp3) is 0.267. The normalized spacial score (nSPS) is 11.8. The van der Waals surface area contributed by atoms with E-state index in [2.05, 4.69) is 20.6 Å². The van der Waals surface area contributed by atoms with Crippen LogP contribution < -0.4 is 22.1 Å². The number of hydrogen-bond donors (Lipinski definition) is 4. The minimum atomic E-state index is -0.294. The van der Waals surface area contributed by atoms with Crippen molar-refractivity contribution in [1.82, 2.24) is 0 Å². The number of amides is 2.